The number of ether oxygens (including phenoxy) is 5. The Bertz CT molecular complexity index is 4800. The number of carboxylic acid groups (broad SMARTS) is 6. The third kappa shape index (κ3) is 19.0. The summed E-state index contributed by atoms with van der Waals surface area (Å²) in [6.07, 6.45) is 2.12. The summed E-state index contributed by atoms with van der Waals surface area (Å²) in [6.45, 7) is 12.5. The Balaban J connectivity index is 0.000000180. The number of carboxylic acids is 6. The smallest absolute Gasteiger partial charge is 0.301 e. The van der Waals surface area contributed by atoms with E-state index in [1.54, 1.807) is 67.2 Å². The van der Waals surface area contributed by atoms with E-state index < -0.39 is 57.2 Å². The van der Waals surface area contributed by atoms with Crippen LogP contribution in [-0.2, 0) is 17.3 Å². The molecule has 1 fully saturated rings. The van der Waals surface area contributed by atoms with Crippen LogP contribution in [0.4, 0.5) is 5.69 Å². The highest BCUT2D eigenvalue weighted by atomic mass is 32.2. The van der Waals surface area contributed by atoms with Crippen LogP contribution in [-0.4, -0.2) is 142 Å². The number of H-pyrrole nitrogens is 1. The summed E-state index contributed by atoms with van der Waals surface area (Å²) in [5.41, 5.74) is 2.42. The molecule has 0 spiro atoms. The van der Waals surface area contributed by atoms with Crippen molar-refractivity contribution in [2.45, 2.75) is 77.5 Å². The van der Waals surface area contributed by atoms with Gasteiger partial charge in [0.15, 0.2) is 57.5 Å². The molecule has 102 heavy (non-hydrogen) atoms. The number of nitrogens with zero attached hydrogens (tertiary/aromatic N) is 6. The summed E-state index contributed by atoms with van der Waals surface area (Å²) in [4.78, 5) is 119. The summed E-state index contributed by atoms with van der Waals surface area (Å²) < 4.78 is 62.1. The maximum absolute atomic E-state index is 12.1. The summed E-state index contributed by atoms with van der Waals surface area (Å²) in [7, 11) is 0.771. The number of aryl methyl sites for hydroxylation is 3. The van der Waals surface area contributed by atoms with E-state index in [4.69, 9.17) is 28.1 Å². The summed E-state index contributed by atoms with van der Waals surface area (Å²) >= 11 is 1.24. The number of aromatic nitrogens is 6. The molecule has 0 atom stereocenters. The minimum Gasteiger partial charge on any atom is -0.545 e. The predicted molar refractivity (Wildman–Crippen MR) is 347 cm³/mol. The van der Waals surface area contributed by atoms with Crippen LogP contribution >= 0.6 is 11.8 Å². The molecule has 0 aliphatic carbocycles. The van der Waals surface area contributed by atoms with Gasteiger partial charge in [0.05, 0.1) is 90.9 Å². The third-order valence-corrected chi connectivity index (χ3v) is 17.5. The maximum Gasteiger partial charge on any atom is 0.301 e. The lowest BCUT2D eigenvalue weighted by molar-refractivity contribution is -0.256. The Morgan fingerprint density at radius 2 is 1.19 bits per heavy atom. The average molecular weight is 1440 g/mol. The van der Waals surface area contributed by atoms with Crippen molar-refractivity contribution in [3.8, 4) is 45.8 Å². The number of hydrogen-bond donors (Lipinski definition) is 2. The number of rotatable bonds is 20. The minimum absolute atomic E-state index is 0.0581. The Kier molecular flexibility index (Phi) is 25.4. The molecule has 0 unspecified atom stereocenters. The molecule has 11 rings (SSSR count). The molecule has 4 aromatic carbocycles. The molecule has 2 N–H and O–H groups in total. The van der Waals surface area contributed by atoms with Gasteiger partial charge < -0.3 is 92.5 Å². The molecule has 0 amide bonds. The standard InChI is InChI=1S/C17H16O6.C15H15N5O3.C14H12O4S.C12H14N2O6S.C10H11NO5/c1-10(18)11-4-6-13(7-5-11)23-15-9-12(17(19)20)8-14(21-2)16(15)22-3;1-7-14(8(2)19(4)17-7)11-5-12(15(22)23)20-13(16-11)6-10(18-20)9(3)21;1-8(15)11-7-13(9(2)18-11)19-12-6-4-3-5-10(12)14(16)17;15-11(16)8-5-9(12(17)18)7-10(6-8)13-21(19,20)14-3-1-2-4-14;1-5(12)6-8-9(7(11-6)10(13)14)16-4-2-3-15-8/h4-9H,1-3H3,(H,19,20);5-6H,1-4H3,(H,22,23);3-7H,1-2H3,(H,16,17);5-7,13H,1-4H2,(H,15,16)(H,17,18);11H,2-4H2,1H3,(H,13,14)/p-6. The fourth-order valence-electron chi connectivity index (χ4n) is 9.76. The van der Waals surface area contributed by atoms with Crippen LogP contribution in [0.2, 0.25) is 0 Å². The van der Waals surface area contributed by atoms with Gasteiger partial charge in [-0.2, -0.15) is 22.9 Å². The number of methoxy groups -OCH3 is 2. The number of benzene rings is 4. The Morgan fingerprint density at radius 1 is 0.598 bits per heavy atom. The zero-order valence-corrected chi connectivity index (χ0v) is 57.6. The van der Waals surface area contributed by atoms with Crippen LogP contribution in [0.3, 0.4) is 0 Å². The first kappa shape index (κ1) is 77.2. The highest BCUT2D eigenvalue weighted by molar-refractivity contribution is 7.99. The van der Waals surface area contributed by atoms with E-state index in [9.17, 15) is 87.0 Å². The molecule has 2 aliphatic heterocycles. The van der Waals surface area contributed by atoms with E-state index in [1.807, 2.05) is 13.8 Å². The zero-order valence-electron chi connectivity index (χ0n) is 56.0. The molecule has 7 heterocycles. The molecule has 34 heteroatoms. The van der Waals surface area contributed by atoms with Crippen molar-refractivity contribution in [3.05, 3.63) is 171 Å². The van der Waals surface area contributed by atoms with Gasteiger partial charge in [-0.05, 0) is 118 Å². The van der Waals surface area contributed by atoms with Gasteiger partial charge in [0.25, 0.3) is 0 Å². The number of anilines is 1. The van der Waals surface area contributed by atoms with E-state index in [-0.39, 0.29) is 103 Å². The molecule has 536 valence electrons. The quantitative estimate of drug-likeness (QED) is 0.104. The summed E-state index contributed by atoms with van der Waals surface area (Å²) in [5, 5.41) is 74.3. The lowest BCUT2D eigenvalue weighted by Crippen LogP contribution is -2.33. The van der Waals surface area contributed by atoms with Crippen molar-refractivity contribution in [2.24, 2.45) is 7.05 Å². The van der Waals surface area contributed by atoms with Gasteiger partial charge in [0.2, 0.25) is 5.75 Å². The number of ketones is 4. The maximum atomic E-state index is 12.1. The first-order chi connectivity index (χ1) is 48.1. The van der Waals surface area contributed by atoms with Gasteiger partial charge in [0, 0.05) is 92.3 Å². The van der Waals surface area contributed by atoms with Crippen molar-refractivity contribution in [3.63, 3.8) is 0 Å². The lowest BCUT2D eigenvalue weighted by Gasteiger charge is -2.18. The molecule has 0 bridgehead atoms. The highest BCUT2D eigenvalue weighted by Crippen LogP contribution is 2.41. The number of hydrogen-bond acceptors (Lipinski definition) is 28. The number of carbonyl (C=O) groups is 10. The predicted octanol–water partition coefficient (Wildman–Crippen LogP) is 2.59. The Morgan fingerprint density at radius 3 is 1.69 bits per heavy atom. The second kappa shape index (κ2) is 33.6. The molecule has 0 radical (unpaired) electrons. The number of aromatic amines is 1. The second-order valence-corrected chi connectivity index (χ2v) is 24.8. The zero-order chi connectivity index (χ0) is 75.2. The second-order valence-electron chi connectivity index (χ2n) is 22.0. The van der Waals surface area contributed by atoms with Crippen molar-refractivity contribution < 1.29 is 115 Å². The van der Waals surface area contributed by atoms with Gasteiger partial charge >= 0.3 is 10.2 Å². The number of furan rings is 1. The number of Topliss-reactive ketones (excluding diaryl/α,β-unsaturated/α-hetero) is 4. The van der Waals surface area contributed by atoms with Gasteiger partial charge in [-0.25, -0.2) is 9.50 Å². The van der Waals surface area contributed by atoms with E-state index in [0.29, 0.717) is 60.4 Å². The van der Waals surface area contributed by atoms with E-state index >= 15 is 0 Å². The van der Waals surface area contributed by atoms with Gasteiger partial charge in [-0.1, -0.05) is 30.0 Å². The van der Waals surface area contributed by atoms with Gasteiger partial charge in [0.1, 0.15) is 28.6 Å². The molecule has 32 nitrogen and oxygen atoms in total. The lowest BCUT2D eigenvalue weighted by atomic mass is 10.1. The Hall–Kier alpha value is -12.2. The van der Waals surface area contributed by atoms with Crippen molar-refractivity contribution >= 4 is 92.3 Å². The van der Waals surface area contributed by atoms with Crippen molar-refractivity contribution in [1.82, 2.24) is 33.7 Å². The number of nitrogens with one attached hydrogen (secondary N) is 2. The molecular formula is C68H62N8O24S2-6. The fraction of sp³-hybridized carbons (Fsp3) is 0.250. The van der Waals surface area contributed by atoms with E-state index in [0.717, 1.165) is 57.4 Å². The Labute approximate surface area is 584 Å². The van der Waals surface area contributed by atoms with E-state index in [1.165, 1.54) is 88.3 Å². The number of fused-ring (bicyclic) bond motifs is 2. The molecular weight excluding hydrogens is 1380 g/mol. The van der Waals surface area contributed by atoms with Crippen molar-refractivity contribution in [2.75, 3.05) is 45.2 Å². The molecule has 1 saturated heterocycles. The SMILES string of the molecule is CC(=O)c1[nH]c(C(=O)[O-])c2c1OCCCO2.CC(=O)c1cc(Sc2ccccc2C(=O)[O-])c(C)o1.CC(=O)c1cc2nc(-c3c(C)nn(C)c3C)cc(C(=O)[O-])n2n1.COc1cc(C(=O)[O-])cc(Oc2ccc(C(C)=O)cc2)c1OC.O=C([O-])c1cc(NS(=O)(=O)N2CCCC2)cc(C(=O)[O-])c1. The van der Waals surface area contributed by atoms with Gasteiger partial charge in [-0.3, -0.25) is 28.6 Å². The first-order valence-electron chi connectivity index (χ1n) is 30.2. The summed E-state index contributed by atoms with van der Waals surface area (Å²) in [6, 6.07) is 22.9. The van der Waals surface area contributed by atoms with E-state index in [2.05, 4.69) is 24.9 Å². The number of aromatic carboxylic acids is 6. The van der Waals surface area contributed by atoms with Crippen LogP contribution in [0.5, 0.6) is 34.5 Å². The van der Waals surface area contributed by atoms with Crippen LogP contribution in [0, 0.1) is 20.8 Å². The number of carbonyl (C=O) groups excluding carboxylic acids is 10. The summed E-state index contributed by atoms with van der Waals surface area (Å²) in [5.74, 6) is -7.28. The van der Waals surface area contributed by atoms with Gasteiger partial charge in [-0.15, -0.1) is 0 Å². The van der Waals surface area contributed by atoms with Crippen molar-refractivity contribution in [1.29, 1.82) is 0 Å². The van der Waals surface area contributed by atoms with Crippen LogP contribution in [0.25, 0.3) is 16.9 Å². The molecule has 5 aromatic heterocycles. The molecule has 2 aliphatic rings. The molecule has 9 aromatic rings. The topological polar surface area (TPSA) is 482 Å². The fourth-order valence-corrected chi connectivity index (χ4v) is 12.0. The normalized spacial score (nSPS) is 12.2. The molecule has 0 saturated carbocycles. The largest absolute Gasteiger partial charge is 0.545 e. The minimum atomic E-state index is -3.84. The first-order valence-corrected chi connectivity index (χ1v) is 32.5. The highest BCUT2D eigenvalue weighted by Gasteiger charge is 2.28. The van der Waals surface area contributed by atoms with Crippen LogP contribution < -0.4 is 59.0 Å². The van der Waals surface area contributed by atoms with Crippen LogP contribution in [0.1, 0.15) is 168 Å². The third-order valence-electron chi connectivity index (χ3n) is 14.8. The van der Waals surface area contributed by atoms with Crippen LogP contribution in [0.15, 0.2) is 111 Å². The monoisotopic (exact) mass is 1440 g/mol. The average Bonchev–Trinajstić information content (AvgIpc) is 1.60.